The fourth-order valence-corrected chi connectivity index (χ4v) is 5.96. The van der Waals surface area contributed by atoms with Crippen LogP contribution < -0.4 is 11.5 Å². The first-order chi connectivity index (χ1) is 19.3. The Morgan fingerprint density at radius 1 is 0.619 bits per heavy atom. The van der Waals surface area contributed by atoms with Gasteiger partial charge in [-0.05, 0) is 42.5 Å². The number of nitrogen functional groups attached to an aromatic ring is 2. The second kappa shape index (κ2) is 12.1. The van der Waals surface area contributed by atoms with Crippen molar-refractivity contribution in [2.75, 3.05) is 23.8 Å². The molecule has 42 heavy (non-hydrogen) atoms. The van der Waals surface area contributed by atoms with Crippen molar-refractivity contribution >= 4 is 74.6 Å². The van der Waals surface area contributed by atoms with E-state index in [0.717, 1.165) is 24.3 Å². The maximum atomic E-state index is 12.5. The zero-order chi connectivity index (χ0) is 31.5. The summed E-state index contributed by atoms with van der Waals surface area (Å²) < 4.78 is 125. The lowest BCUT2D eigenvalue weighted by Gasteiger charge is -2.08. The van der Waals surface area contributed by atoms with Crippen LogP contribution in [-0.4, -0.2) is 59.7 Å². The Morgan fingerprint density at radius 3 is 1.64 bits per heavy atom. The molecule has 0 spiro atoms. The van der Waals surface area contributed by atoms with E-state index >= 15 is 0 Å². The summed E-state index contributed by atoms with van der Waals surface area (Å²) in [7, 11) is -19.0. The van der Waals surface area contributed by atoms with Crippen LogP contribution in [-0.2, 0) is 44.7 Å². The SMILES string of the molecule is Nc1cc(N)c(/N=N/c2ccc(S(=O)(=O)CCOS(=O)(=O)O)cc2S(=O)(=O)O)cc1/N=N/c1ccccc1S(=O)(=O)O. The van der Waals surface area contributed by atoms with Gasteiger partial charge < -0.3 is 11.5 Å². The van der Waals surface area contributed by atoms with Gasteiger partial charge in [-0.1, -0.05) is 12.1 Å². The maximum absolute atomic E-state index is 12.5. The highest BCUT2D eigenvalue weighted by Crippen LogP contribution is 2.37. The third-order valence-electron chi connectivity index (χ3n) is 5.00. The van der Waals surface area contributed by atoms with Crippen molar-refractivity contribution in [1.82, 2.24) is 0 Å². The molecular weight excluding hydrogens is 645 g/mol. The van der Waals surface area contributed by atoms with Crippen molar-refractivity contribution in [3.05, 3.63) is 54.6 Å². The van der Waals surface area contributed by atoms with Crippen LogP contribution in [0, 0.1) is 0 Å². The van der Waals surface area contributed by atoms with Crippen LogP contribution in [0.5, 0.6) is 0 Å². The summed E-state index contributed by atoms with van der Waals surface area (Å²) in [6, 6.07) is 9.78. The molecule has 0 aliphatic carbocycles. The lowest BCUT2D eigenvalue weighted by atomic mass is 10.2. The molecule has 0 saturated carbocycles. The molecule has 0 aliphatic rings. The van der Waals surface area contributed by atoms with Crippen LogP contribution in [0.1, 0.15) is 0 Å². The van der Waals surface area contributed by atoms with Crippen molar-refractivity contribution in [2.45, 2.75) is 14.7 Å². The number of azo groups is 2. The third-order valence-corrected chi connectivity index (χ3v) is 8.93. The van der Waals surface area contributed by atoms with E-state index < -0.39 is 73.2 Å². The van der Waals surface area contributed by atoms with Gasteiger partial charge in [0.2, 0.25) is 0 Å². The minimum atomic E-state index is -5.08. The Labute approximate surface area is 239 Å². The van der Waals surface area contributed by atoms with Crippen LogP contribution in [0.15, 0.2) is 89.7 Å². The zero-order valence-corrected chi connectivity index (χ0v) is 24.0. The molecule has 3 rings (SSSR count). The Hall–Kier alpha value is -3.90. The van der Waals surface area contributed by atoms with Gasteiger partial charge in [-0.3, -0.25) is 13.7 Å². The number of rotatable bonds is 11. The second-order valence-corrected chi connectivity index (χ2v) is 14.0. The number of anilines is 2. The fourth-order valence-electron chi connectivity index (χ4n) is 3.10. The van der Waals surface area contributed by atoms with Crippen LogP contribution in [0.4, 0.5) is 34.1 Å². The average Bonchev–Trinajstić information content (AvgIpc) is 2.85. The van der Waals surface area contributed by atoms with E-state index in [1.165, 1.54) is 24.3 Å². The van der Waals surface area contributed by atoms with Gasteiger partial charge in [0.1, 0.15) is 32.5 Å². The summed E-state index contributed by atoms with van der Waals surface area (Å²) in [5.74, 6) is -0.980. The first-order valence-corrected chi connectivity index (χ1v) is 16.7. The predicted octanol–water partition coefficient (Wildman–Crippen LogP) is 2.77. The van der Waals surface area contributed by atoms with E-state index in [2.05, 4.69) is 24.6 Å². The number of hydrogen-bond acceptors (Lipinski definition) is 15. The zero-order valence-electron chi connectivity index (χ0n) is 20.7. The summed E-state index contributed by atoms with van der Waals surface area (Å²) >= 11 is 0. The molecule has 0 saturated heterocycles. The van der Waals surface area contributed by atoms with E-state index in [4.69, 9.17) is 16.0 Å². The fraction of sp³-hybridized carbons (Fsp3) is 0.100. The monoisotopic (exact) mass is 664 g/mol. The van der Waals surface area contributed by atoms with Crippen LogP contribution >= 0.6 is 0 Å². The number of hydrogen-bond donors (Lipinski definition) is 5. The molecule has 0 fully saturated rings. The lowest BCUT2D eigenvalue weighted by Crippen LogP contribution is -2.16. The summed E-state index contributed by atoms with van der Waals surface area (Å²) in [5, 5.41) is 15.1. The Morgan fingerprint density at radius 2 is 1.12 bits per heavy atom. The number of sulfone groups is 1. The molecule has 3 aromatic carbocycles. The van der Waals surface area contributed by atoms with E-state index in [0.29, 0.717) is 6.07 Å². The molecule has 3 aromatic rings. The maximum Gasteiger partial charge on any atom is 0.397 e. The number of benzene rings is 3. The minimum Gasteiger partial charge on any atom is -0.397 e. The van der Waals surface area contributed by atoms with E-state index in [1.54, 1.807) is 0 Å². The Kier molecular flexibility index (Phi) is 9.43. The van der Waals surface area contributed by atoms with Crippen LogP contribution in [0.3, 0.4) is 0 Å². The normalized spacial score (nSPS) is 13.2. The van der Waals surface area contributed by atoms with Crippen LogP contribution in [0.2, 0.25) is 0 Å². The van der Waals surface area contributed by atoms with E-state index in [-0.39, 0.29) is 28.4 Å². The highest BCUT2D eigenvalue weighted by Gasteiger charge is 2.23. The Balaban J connectivity index is 1.99. The van der Waals surface area contributed by atoms with Gasteiger partial charge in [0.05, 0.1) is 28.6 Å². The van der Waals surface area contributed by atoms with Gasteiger partial charge in [-0.25, -0.2) is 12.6 Å². The first kappa shape index (κ1) is 32.6. The van der Waals surface area contributed by atoms with Crippen molar-refractivity contribution in [1.29, 1.82) is 0 Å². The molecule has 0 aromatic heterocycles. The molecule has 0 radical (unpaired) electrons. The molecule has 0 atom stereocenters. The van der Waals surface area contributed by atoms with E-state index in [1.807, 2.05) is 0 Å². The molecule has 0 bridgehead atoms. The highest BCUT2D eigenvalue weighted by atomic mass is 32.3. The van der Waals surface area contributed by atoms with Crippen LogP contribution in [0.25, 0.3) is 0 Å². The largest absolute Gasteiger partial charge is 0.397 e. The van der Waals surface area contributed by atoms with Gasteiger partial charge in [-0.2, -0.15) is 25.3 Å². The van der Waals surface area contributed by atoms with E-state index in [9.17, 15) is 42.8 Å². The Bertz CT molecular complexity index is 2030. The molecule has 7 N–H and O–H groups in total. The molecule has 0 amide bonds. The average molecular weight is 665 g/mol. The quantitative estimate of drug-likeness (QED) is 0.112. The smallest absolute Gasteiger partial charge is 0.397 e. The topological polar surface area (TPSA) is 308 Å². The van der Waals surface area contributed by atoms with Gasteiger partial charge in [0.25, 0.3) is 20.2 Å². The van der Waals surface area contributed by atoms with Crippen molar-refractivity contribution in [3.63, 3.8) is 0 Å². The van der Waals surface area contributed by atoms with Crippen molar-refractivity contribution in [3.8, 4) is 0 Å². The number of nitrogens with two attached hydrogens (primary N) is 2. The van der Waals surface area contributed by atoms with Gasteiger partial charge in [0.15, 0.2) is 9.84 Å². The molecular formula is C20H20N6O12S4. The van der Waals surface area contributed by atoms with Crippen molar-refractivity contribution < 1.29 is 51.5 Å². The predicted molar refractivity (Wildman–Crippen MR) is 146 cm³/mol. The molecule has 0 aliphatic heterocycles. The van der Waals surface area contributed by atoms with Crippen molar-refractivity contribution in [2.24, 2.45) is 20.5 Å². The summed E-state index contributed by atoms with van der Waals surface area (Å²) in [4.78, 5) is -2.18. The first-order valence-electron chi connectivity index (χ1n) is 10.8. The molecule has 226 valence electrons. The number of nitrogens with zero attached hydrogens (tertiary/aromatic N) is 4. The second-order valence-electron chi connectivity index (χ2n) is 7.99. The molecule has 0 heterocycles. The third kappa shape index (κ3) is 8.56. The van der Waals surface area contributed by atoms with Gasteiger partial charge in [0, 0.05) is 0 Å². The summed E-state index contributed by atoms with van der Waals surface area (Å²) in [6.07, 6.45) is 0. The molecule has 22 heteroatoms. The molecule has 18 nitrogen and oxygen atoms in total. The standard InChI is InChI=1S/C20H20N6O12S4/c21-13-10-14(22)18(11-17(13)25-23-15-3-1-2-4-19(15)40(29,30)31)26-24-16-6-5-12(9-20(16)41(32,33)34)39(27,28)8-7-38-42(35,36)37/h1-6,9-11H,7-8,21-22H2,(H,29,30,31)(H,32,33,34)(H,35,36,37)/b25-23+,26-24+. The summed E-state index contributed by atoms with van der Waals surface area (Å²) in [5.41, 5.74) is 10.6. The van der Waals surface area contributed by atoms with Gasteiger partial charge >= 0.3 is 10.4 Å². The minimum absolute atomic E-state index is 0.0364. The lowest BCUT2D eigenvalue weighted by molar-refractivity contribution is 0.284. The van der Waals surface area contributed by atoms with Gasteiger partial charge in [-0.15, -0.1) is 20.5 Å². The molecule has 0 unspecified atom stereocenters. The summed E-state index contributed by atoms with van der Waals surface area (Å²) in [6.45, 7) is -0.985. The highest BCUT2D eigenvalue weighted by molar-refractivity contribution is 7.91.